The van der Waals surface area contributed by atoms with Gasteiger partial charge in [0.2, 0.25) is 0 Å². The van der Waals surface area contributed by atoms with E-state index in [1.165, 1.54) is 12.3 Å². The third-order valence-corrected chi connectivity index (χ3v) is 3.56. The summed E-state index contributed by atoms with van der Waals surface area (Å²) in [6.45, 7) is 0. The SMILES string of the molecule is CSc1nc(-c2cccc(C(F)(F)F)c2[N+](=O)[O-])c(C#N)c(=O)[nH]1. The van der Waals surface area contributed by atoms with Crippen LogP contribution in [0, 0.1) is 21.4 Å². The average molecular weight is 356 g/mol. The first-order chi connectivity index (χ1) is 11.2. The van der Waals surface area contributed by atoms with Crippen LogP contribution in [-0.2, 0) is 6.18 Å². The topological polar surface area (TPSA) is 113 Å². The minimum Gasteiger partial charge on any atom is -0.300 e. The number of nitrogens with one attached hydrogen (secondary N) is 1. The molecule has 2 aromatic rings. The Balaban J connectivity index is 2.94. The summed E-state index contributed by atoms with van der Waals surface area (Å²) in [6, 6.07) is 4.04. The van der Waals surface area contributed by atoms with Gasteiger partial charge in [-0.3, -0.25) is 14.9 Å². The summed E-state index contributed by atoms with van der Waals surface area (Å²) >= 11 is 0.967. The van der Waals surface area contributed by atoms with Crippen LogP contribution in [0.3, 0.4) is 0 Å². The van der Waals surface area contributed by atoms with Crippen molar-refractivity contribution in [2.75, 3.05) is 6.26 Å². The molecule has 0 unspecified atom stereocenters. The standard InChI is InChI=1S/C13H7F3N4O3S/c1-24-12-18-9(7(5-17)11(21)19-12)6-3-2-4-8(13(14,15)16)10(6)20(22)23/h2-4H,1H3,(H,18,19,21). The van der Waals surface area contributed by atoms with Gasteiger partial charge in [0.1, 0.15) is 22.9 Å². The second-order valence-electron chi connectivity index (χ2n) is 4.37. The molecule has 0 fully saturated rings. The molecule has 124 valence electrons. The van der Waals surface area contributed by atoms with Crippen molar-refractivity contribution in [1.29, 1.82) is 5.26 Å². The highest BCUT2D eigenvalue weighted by molar-refractivity contribution is 7.98. The van der Waals surface area contributed by atoms with Crippen molar-refractivity contribution in [2.24, 2.45) is 0 Å². The molecule has 0 saturated carbocycles. The number of nitrogens with zero attached hydrogens (tertiary/aromatic N) is 3. The summed E-state index contributed by atoms with van der Waals surface area (Å²) in [5.41, 5.74) is -5.25. The van der Waals surface area contributed by atoms with Crippen molar-refractivity contribution < 1.29 is 18.1 Å². The molecule has 0 aliphatic carbocycles. The van der Waals surface area contributed by atoms with E-state index in [9.17, 15) is 28.1 Å². The number of hydrogen-bond donors (Lipinski definition) is 1. The molecule has 2 rings (SSSR count). The number of alkyl halides is 3. The summed E-state index contributed by atoms with van der Waals surface area (Å²) in [7, 11) is 0. The lowest BCUT2D eigenvalue weighted by Crippen LogP contribution is -2.16. The van der Waals surface area contributed by atoms with E-state index >= 15 is 0 Å². The number of hydrogen-bond acceptors (Lipinski definition) is 6. The van der Waals surface area contributed by atoms with E-state index in [2.05, 4.69) is 9.97 Å². The van der Waals surface area contributed by atoms with E-state index in [1.807, 2.05) is 0 Å². The number of aromatic amines is 1. The van der Waals surface area contributed by atoms with E-state index in [0.29, 0.717) is 6.07 Å². The Kier molecular flexibility index (Phi) is 4.61. The largest absolute Gasteiger partial charge is 0.423 e. The second kappa shape index (κ2) is 6.32. The highest BCUT2D eigenvalue weighted by Crippen LogP contribution is 2.41. The number of nitriles is 1. The third kappa shape index (κ3) is 3.09. The van der Waals surface area contributed by atoms with Crippen LogP contribution in [-0.4, -0.2) is 21.1 Å². The van der Waals surface area contributed by atoms with Gasteiger partial charge in [-0.15, -0.1) is 0 Å². The van der Waals surface area contributed by atoms with Crippen LogP contribution in [0.25, 0.3) is 11.3 Å². The molecule has 0 radical (unpaired) electrons. The number of halogens is 3. The number of H-pyrrole nitrogens is 1. The fraction of sp³-hybridized carbons (Fsp3) is 0.154. The Labute approximate surface area is 136 Å². The lowest BCUT2D eigenvalue weighted by Gasteiger charge is -2.11. The molecule has 0 saturated heterocycles. The van der Waals surface area contributed by atoms with Crippen LogP contribution < -0.4 is 5.56 Å². The monoisotopic (exact) mass is 356 g/mol. The number of nitro groups is 1. The lowest BCUT2D eigenvalue weighted by atomic mass is 10.0. The maximum atomic E-state index is 13.0. The predicted octanol–water partition coefficient (Wildman–Crippen LogP) is 2.96. The highest BCUT2D eigenvalue weighted by Gasteiger charge is 2.40. The molecule has 1 aromatic heterocycles. The van der Waals surface area contributed by atoms with Gasteiger partial charge >= 0.3 is 6.18 Å². The van der Waals surface area contributed by atoms with E-state index < -0.39 is 44.7 Å². The van der Waals surface area contributed by atoms with Gasteiger partial charge in [0.25, 0.3) is 11.2 Å². The molecule has 1 heterocycles. The van der Waals surface area contributed by atoms with Gasteiger partial charge in [0, 0.05) is 0 Å². The molecule has 0 spiro atoms. The molecule has 1 N–H and O–H groups in total. The van der Waals surface area contributed by atoms with Gasteiger partial charge in [-0.05, 0) is 18.4 Å². The minimum atomic E-state index is -4.98. The molecular formula is C13H7F3N4O3S. The van der Waals surface area contributed by atoms with E-state index in [4.69, 9.17) is 5.26 Å². The van der Waals surface area contributed by atoms with Crippen LogP contribution in [0.4, 0.5) is 18.9 Å². The Morgan fingerprint density at radius 3 is 2.58 bits per heavy atom. The van der Waals surface area contributed by atoms with E-state index in [1.54, 1.807) is 0 Å². The van der Waals surface area contributed by atoms with Crippen LogP contribution in [0.2, 0.25) is 0 Å². The quantitative estimate of drug-likeness (QED) is 0.391. The van der Waals surface area contributed by atoms with E-state index in [0.717, 1.165) is 23.9 Å². The zero-order chi connectivity index (χ0) is 18.1. The number of para-hydroxylation sites is 1. The fourth-order valence-electron chi connectivity index (χ4n) is 2.01. The maximum Gasteiger partial charge on any atom is 0.423 e. The molecule has 24 heavy (non-hydrogen) atoms. The number of rotatable bonds is 3. The fourth-order valence-corrected chi connectivity index (χ4v) is 2.39. The average Bonchev–Trinajstić information content (AvgIpc) is 2.52. The summed E-state index contributed by atoms with van der Waals surface area (Å²) in [5.74, 6) is 0. The van der Waals surface area contributed by atoms with Gasteiger partial charge in [-0.25, -0.2) is 4.98 Å². The molecular weight excluding hydrogens is 349 g/mol. The first-order valence-electron chi connectivity index (χ1n) is 6.14. The molecule has 0 aliphatic rings. The number of benzene rings is 1. The maximum absolute atomic E-state index is 13.0. The van der Waals surface area contributed by atoms with Gasteiger partial charge in [0.05, 0.1) is 10.5 Å². The number of nitro benzene ring substituents is 1. The molecule has 0 bridgehead atoms. The van der Waals surface area contributed by atoms with Crippen LogP contribution in [0.5, 0.6) is 0 Å². The zero-order valence-corrected chi connectivity index (χ0v) is 12.7. The first kappa shape index (κ1) is 17.5. The Morgan fingerprint density at radius 2 is 2.08 bits per heavy atom. The minimum absolute atomic E-state index is 0.0145. The second-order valence-corrected chi connectivity index (χ2v) is 5.16. The predicted molar refractivity (Wildman–Crippen MR) is 78.4 cm³/mol. The smallest absolute Gasteiger partial charge is 0.300 e. The summed E-state index contributed by atoms with van der Waals surface area (Å²) in [4.78, 5) is 28.0. The lowest BCUT2D eigenvalue weighted by molar-refractivity contribution is -0.387. The van der Waals surface area contributed by atoms with Gasteiger partial charge in [-0.2, -0.15) is 18.4 Å². The summed E-state index contributed by atoms with van der Waals surface area (Å²) in [6.07, 6.45) is -3.44. The molecule has 0 atom stereocenters. The van der Waals surface area contributed by atoms with Gasteiger partial charge in [0.15, 0.2) is 5.16 Å². The number of aromatic nitrogens is 2. The van der Waals surface area contributed by atoms with Crippen molar-refractivity contribution in [1.82, 2.24) is 9.97 Å². The molecule has 11 heteroatoms. The molecule has 7 nitrogen and oxygen atoms in total. The third-order valence-electron chi connectivity index (χ3n) is 2.98. The van der Waals surface area contributed by atoms with Gasteiger partial charge in [-0.1, -0.05) is 17.8 Å². The number of thioether (sulfide) groups is 1. The Morgan fingerprint density at radius 1 is 1.42 bits per heavy atom. The molecule has 0 amide bonds. The molecule has 1 aromatic carbocycles. The molecule has 0 aliphatic heterocycles. The van der Waals surface area contributed by atoms with Crippen LogP contribution >= 0.6 is 11.8 Å². The van der Waals surface area contributed by atoms with Crippen molar-refractivity contribution in [2.45, 2.75) is 11.3 Å². The summed E-state index contributed by atoms with van der Waals surface area (Å²) in [5, 5.41) is 20.3. The van der Waals surface area contributed by atoms with Crippen molar-refractivity contribution >= 4 is 17.4 Å². The van der Waals surface area contributed by atoms with Gasteiger partial charge < -0.3 is 4.98 Å². The summed E-state index contributed by atoms with van der Waals surface area (Å²) < 4.78 is 39.1. The normalized spacial score (nSPS) is 11.1. The Bertz CT molecular complexity index is 918. The van der Waals surface area contributed by atoms with E-state index in [-0.39, 0.29) is 5.16 Å². The van der Waals surface area contributed by atoms with Crippen LogP contribution in [0.1, 0.15) is 11.1 Å². The van der Waals surface area contributed by atoms with Crippen molar-refractivity contribution in [3.63, 3.8) is 0 Å². The van der Waals surface area contributed by atoms with Crippen molar-refractivity contribution in [3.05, 3.63) is 49.8 Å². The van der Waals surface area contributed by atoms with Crippen LogP contribution in [0.15, 0.2) is 28.2 Å². The highest BCUT2D eigenvalue weighted by atomic mass is 32.2. The van der Waals surface area contributed by atoms with Crippen molar-refractivity contribution in [3.8, 4) is 17.3 Å². The zero-order valence-electron chi connectivity index (χ0n) is 11.8. The first-order valence-corrected chi connectivity index (χ1v) is 7.36. The Hall–Kier alpha value is -2.87.